The number of aryl methyl sites for hydroxylation is 2. The fourth-order valence-electron chi connectivity index (χ4n) is 5.45. The summed E-state index contributed by atoms with van der Waals surface area (Å²) in [5.74, 6) is -1.32. The second kappa shape index (κ2) is 14.9. The summed E-state index contributed by atoms with van der Waals surface area (Å²) < 4.78 is 14.9. The second-order valence-corrected chi connectivity index (χ2v) is 10.8. The van der Waals surface area contributed by atoms with Crippen LogP contribution < -0.4 is 9.47 Å². The molecule has 2 heterocycles. The highest BCUT2D eigenvalue weighted by molar-refractivity contribution is 6.01. The van der Waals surface area contributed by atoms with Crippen molar-refractivity contribution in [1.82, 2.24) is 9.80 Å². The number of benzene rings is 2. The highest BCUT2D eigenvalue weighted by Gasteiger charge is 2.42. The molecular weight excluding hydrogens is 612 g/mol. The number of aliphatic hydroxyl groups excluding tert-OH is 3. The van der Waals surface area contributed by atoms with Gasteiger partial charge in [-0.05, 0) is 31.4 Å². The van der Waals surface area contributed by atoms with Crippen LogP contribution in [0, 0.1) is 34.1 Å². The lowest BCUT2D eigenvalue weighted by Crippen LogP contribution is -2.41. The Morgan fingerprint density at radius 2 is 1.24 bits per heavy atom. The zero-order chi connectivity index (χ0) is 34.5. The molecule has 2 aliphatic rings. The van der Waals surface area contributed by atoms with E-state index in [2.05, 4.69) is 4.74 Å². The molecule has 2 aliphatic heterocycles. The number of amides is 2. The van der Waals surface area contributed by atoms with Crippen molar-refractivity contribution in [3.8, 4) is 11.5 Å². The number of ether oxygens (including phenoxy) is 3. The first-order valence-corrected chi connectivity index (χ1v) is 14.0. The SMILES string of the molecule is COC(=O)[C@@H]1C[C@@H](O)CN1C(=O)c1cc(OC)c(C)cc1[N+](=O)[O-].COc1cc(C(=O)N2C[C@H](O)C[C@H]2CO)c([N+](=O)[O-])cc1C. The number of nitrogens with zero attached hydrogens (tertiary/aromatic N) is 4. The molecule has 0 saturated carbocycles. The van der Waals surface area contributed by atoms with E-state index in [9.17, 15) is 49.9 Å². The number of nitro benzene ring substituents is 2. The normalized spacial score (nSPS) is 20.4. The molecule has 3 N–H and O–H groups in total. The molecule has 0 spiro atoms. The zero-order valence-corrected chi connectivity index (χ0v) is 25.9. The molecule has 2 aromatic rings. The topological polar surface area (TPSA) is 232 Å². The van der Waals surface area contributed by atoms with Gasteiger partial charge in [0, 0.05) is 43.8 Å². The number of carbonyl (C=O) groups is 3. The minimum Gasteiger partial charge on any atom is -0.496 e. The quantitative estimate of drug-likeness (QED) is 0.207. The molecule has 2 amide bonds. The van der Waals surface area contributed by atoms with Gasteiger partial charge in [-0.1, -0.05) is 0 Å². The number of hydrogen-bond donors (Lipinski definition) is 3. The number of aliphatic hydroxyl groups is 3. The van der Waals surface area contributed by atoms with Crippen molar-refractivity contribution in [1.29, 1.82) is 0 Å². The van der Waals surface area contributed by atoms with E-state index in [1.54, 1.807) is 13.8 Å². The Hall–Kier alpha value is -4.87. The number of likely N-dealkylation sites (tertiary alicyclic amines) is 2. The molecule has 46 heavy (non-hydrogen) atoms. The third kappa shape index (κ3) is 7.49. The summed E-state index contributed by atoms with van der Waals surface area (Å²) in [7, 11) is 3.98. The van der Waals surface area contributed by atoms with Gasteiger partial charge in [-0.3, -0.25) is 29.8 Å². The Kier molecular flexibility index (Phi) is 11.6. The van der Waals surface area contributed by atoms with Crippen molar-refractivity contribution in [2.45, 2.75) is 51.0 Å². The van der Waals surface area contributed by atoms with Gasteiger partial charge in [0.2, 0.25) is 0 Å². The van der Waals surface area contributed by atoms with Crippen LogP contribution in [-0.4, -0.2) is 118 Å². The molecule has 4 rings (SSSR count). The average Bonchev–Trinajstić information content (AvgIpc) is 3.61. The van der Waals surface area contributed by atoms with Crippen LogP contribution in [0.3, 0.4) is 0 Å². The van der Waals surface area contributed by atoms with Crippen LogP contribution in [0.25, 0.3) is 0 Å². The standard InChI is InChI=1S/C15H18N2O7.C14H18N2O6/c1-8-4-11(17(21)22)10(6-13(8)23-2)14(19)16-7-9(18)5-12(16)15(20)24-3;1-8-3-12(16(20)21)11(5-13(8)22-2)14(19)15-6-10(18)4-9(15)7-17/h4,6,9,12,18H,5,7H2,1-3H3;3,5,9-10,17-18H,4,6-7H2,1-2H3/t9-,12+;9-,10+/m10/s1. The van der Waals surface area contributed by atoms with Crippen LogP contribution in [0.2, 0.25) is 0 Å². The molecule has 0 aliphatic carbocycles. The minimum atomic E-state index is -0.982. The van der Waals surface area contributed by atoms with Gasteiger partial charge in [0.15, 0.2) is 0 Å². The summed E-state index contributed by atoms with van der Waals surface area (Å²) in [5, 5.41) is 51.2. The van der Waals surface area contributed by atoms with Crippen LogP contribution >= 0.6 is 0 Å². The van der Waals surface area contributed by atoms with Crippen molar-refractivity contribution in [3.05, 3.63) is 66.7 Å². The number of nitro groups is 2. The molecule has 0 bridgehead atoms. The number of rotatable bonds is 8. The maximum absolute atomic E-state index is 12.8. The molecule has 0 unspecified atom stereocenters. The van der Waals surface area contributed by atoms with E-state index >= 15 is 0 Å². The summed E-state index contributed by atoms with van der Waals surface area (Å²) in [6.07, 6.45) is -1.37. The third-order valence-electron chi connectivity index (χ3n) is 7.76. The predicted molar refractivity (Wildman–Crippen MR) is 159 cm³/mol. The molecule has 0 radical (unpaired) electrons. The Bertz CT molecular complexity index is 1510. The van der Waals surface area contributed by atoms with Crippen LogP contribution in [-0.2, 0) is 9.53 Å². The van der Waals surface area contributed by atoms with E-state index in [4.69, 9.17) is 9.47 Å². The van der Waals surface area contributed by atoms with Crippen LogP contribution in [0.4, 0.5) is 11.4 Å². The number of esters is 1. The number of β-amino-alcohol motifs (C(OH)–C–C–N with tert-alkyl or cyclic N) is 2. The molecule has 17 heteroatoms. The molecule has 0 aromatic heterocycles. The largest absolute Gasteiger partial charge is 0.496 e. The highest BCUT2D eigenvalue weighted by atomic mass is 16.6. The summed E-state index contributed by atoms with van der Waals surface area (Å²) >= 11 is 0. The monoisotopic (exact) mass is 648 g/mol. The zero-order valence-electron chi connectivity index (χ0n) is 25.9. The van der Waals surface area contributed by atoms with E-state index in [1.165, 1.54) is 50.5 Å². The van der Waals surface area contributed by atoms with Gasteiger partial charge in [0.1, 0.15) is 28.7 Å². The van der Waals surface area contributed by atoms with Gasteiger partial charge >= 0.3 is 5.97 Å². The van der Waals surface area contributed by atoms with Gasteiger partial charge in [-0.2, -0.15) is 0 Å². The first-order chi connectivity index (χ1) is 21.7. The van der Waals surface area contributed by atoms with Crippen molar-refractivity contribution in [2.24, 2.45) is 0 Å². The lowest BCUT2D eigenvalue weighted by atomic mass is 10.1. The maximum atomic E-state index is 12.8. The van der Waals surface area contributed by atoms with Gasteiger partial charge in [0.05, 0.1) is 56.0 Å². The first kappa shape index (κ1) is 35.6. The predicted octanol–water partition coefficient (Wildman–Crippen LogP) is 1.14. The Morgan fingerprint density at radius 1 is 0.804 bits per heavy atom. The fourth-order valence-corrected chi connectivity index (χ4v) is 5.45. The Balaban J connectivity index is 0.000000251. The average molecular weight is 649 g/mol. The van der Waals surface area contributed by atoms with Crippen LogP contribution in [0.1, 0.15) is 44.7 Å². The van der Waals surface area contributed by atoms with Crippen molar-refractivity contribution in [3.63, 3.8) is 0 Å². The van der Waals surface area contributed by atoms with E-state index in [-0.39, 0.29) is 55.0 Å². The summed E-state index contributed by atoms with van der Waals surface area (Å²) in [4.78, 5) is 60.8. The second-order valence-electron chi connectivity index (χ2n) is 10.8. The van der Waals surface area contributed by atoms with Gasteiger partial charge in [0.25, 0.3) is 23.2 Å². The Labute approximate surface area is 263 Å². The summed E-state index contributed by atoms with van der Waals surface area (Å²) in [6, 6.07) is 3.60. The number of hydrogen-bond acceptors (Lipinski definition) is 13. The van der Waals surface area contributed by atoms with Gasteiger partial charge < -0.3 is 39.3 Å². The molecule has 250 valence electrons. The molecular formula is C29H36N4O13. The molecule has 2 aromatic carbocycles. The van der Waals surface area contributed by atoms with E-state index < -0.39 is 51.9 Å². The molecule has 2 saturated heterocycles. The van der Waals surface area contributed by atoms with Crippen molar-refractivity contribution in [2.75, 3.05) is 41.0 Å². The van der Waals surface area contributed by atoms with E-state index in [0.717, 1.165) is 4.90 Å². The van der Waals surface area contributed by atoms with E-state index in [1.807, 2.05) is 0 Å². The molecule has 17 nitrogen and oxygen atoms in total. The lowest BCUT2D eigenvalue weighted by molar-refractivity contribution is -0.385. The summed E-state index contributed by atoms with van der Waals surface area (Å²) in [6.45, 7) is 2.90. The number of methoxy groups -OCH3 is 3. The Morgan fingerprint density at radius 3 is 1.65 bits per heavy atom. The minimum absolute atomic E-state index is 0.0230. The van der Waals surface area contributed by atoms with Crippen molar-refractivity contribution >= 4 is 29.2 Å². The third-order valence-corrected chi connectivity index (χ3v) is 7.76. The number of carbonyl (C=O) groups excluding carboxylic acids is 3. The summed E-state index contributed by atoms with van der Waals surface area (Å²) in [5.41, 5.74) is 0.0350. The van der Waals surface area contributed by atoms with Crippen LogP contribution in [0.15, 0.2) is 24.3 Å². The molecule has 2 fully saturated rings. The lowest BCUT2D eigenvalue weighted by Gasteiger charge is -2.23. The van der Waals surface area contributed by atoms with Gasteiger partial charge in [-0.25, -0.2) is 4.79 Å². The fraction of sp³-hybridized carbons (Fsp3) is 0.483. The van der Waals surface area contributed by atoms with Crippen molar-refractivity contribution < 1.29 is 53.8 Å². The van der Waals surface area contributed by atoms with Crippen LogP contribution in [0.5, 0.6) is 11.5 Å². The molecule has 4 atom stereocenters. The smallest absolute Gasteiger partial charge is 0.328 e. The van der Waals surface area contributed by atoms with Gasteiger partial charge in [-0.15, -0.1) is 0 Å². The highest BCUT2D eigenvalue weighted by Crippen LogP contribution is 2.33. The van der Waals surface area contributed by atoms with E-state index in [0.29, 0.717) is 22.6 Å². The first-order valence-electron chi connectivity index (χ1n) is 14.0. The maximum Gasteiger partial charge on any atom is 0.328 e.